The number of anilines is 3. The number of halogens is 1. The van der Waals surface area contributed by atoms with Gasteiger partial charge in [-0.25, -0.2) is 14.4 Å². The Kier molecular flexibility index (Phi) is 5.85. The second kappa shape index (κ2) is 9.23. The third-order valence-corrected chi connectivity index (χ3v) is 6.92. The van der Waals surface area contributed by atoms with E-state index in [1.54, 1.807) is 43.0 Å². The molecule has 6 rings (SSSR count). The second-order valence-electron chi connectivity index (χ2n) is 9.96. The van der Waals surface area contributed by atoms with Crippen LogP contribution in [0, 0.1) is 5.82 Å². The topological polar surface area (TPSA) is 108 Å². The summed E-state index contributed by atoms with van der Waals surface area (Å²) < 4.78 is 21.2. The Morgan fingerprint density at radius 2 is 2.03 bits per heavy atom. The molecule has 5 heterocycles. The zero-order valence-electron chi connectivity index (χ0n) is 21.0. The van der Waals surface area contributed by atoms with E-state index in [0.717, 1.165) is 22.3 Å². The van der Waals surface area contributed by atoms with E-state index in [-0.39, 0.29) is 17.5 Å². The molecule has 38 heavy (non-hydrogen) atoms. The van der Waals surface area contributed by atoms with Crippen molar-refractivity contribution in [2.45, 2.75) is 25.6 Å². The number of nitrogens with one attached hydrogen (secondary N) is 2. The standard InChI is InChI=1S/C28H27FN6O3/c1-28(2,37)23-16-34(11-12-38-23)18-3-6-24(31-14-18)33-21-5-4-19(20-7-9-30-27(36)26(20)21)22-15-32-25-13-17(29)8-10-35(22)25/h3-10,13-15,23,37H,11-12,16H2,1-2H3,(H,30,36)(H,31,33)/t23-/m1/s1. The van der Waals surface area contributed by atoms with Crippen LogP contribution in [0.1, 0.15) is 13.8 Å². The quantitative estimate of drug-likeness (QED) is 0.324. The summed E-state index contributed by atoms with van der Waals surface area (Å²) >= 11 is 0. The molecule has 3 N–H and O–H groups in total. The number of hydrogen-bond acceptors (Lipinski definition) is 7. The van der Waals surface area contributed by atoms with Crippen LogP contribution < -0.4 is 15.8 Å². The maximum Gasteiger partial charge on any atom is 0.257 e. The van der Waals surface area contributed by atoms with Crippen molar-refractivity contribution < 1.29 is 14.2 Å². The van der Waals surface area contributed by atoms with Gasteiger partial charge in [-0.15, -0.1) is 0 Å². The summed E-state index contributed by atoms with van der Waals surface area (Å²) in [7, 11) is 0. The number of aromatic amines is 1. The van der Waals surface area contributed by atoms with Crippen molar-refractivity contribution in [3.05, 3.63) is 83.4 Å². The Balaban J connectivity index is 1.32. The first-order valence-electron chi connectivity index (χ1n) is 12.4. The molecule has 194 valence electrons. The molecule has 0 aliphatic carbocycles. The molecule has 0 bridgehead atoms. The molecule has 1 saturated heterocycles. The predicted octanol–water partition coefficient (Wildman–Crippen LogP) is 4.10. The Morgan fingerprint density at radius 1 is 1.16 bits per heavy atom. The van der Waals surface area contributed by atoms with Gasteiger partial charge < -0.3 is 25.0 Å². The molecule has 0 amide bonds. The number of morpholine rings is 1. The first kappa shape index (κ1) is 24.1. The maximum atomic E-state index is 13.7. The molecule has 4 aromatic heterocycles. The largest absolute Gasteiger partial charge is 0.388 e. The van der Waals surface area contributed by atoms with Gasteiger partial charge in [0.05, 0.1) is 47.1 Å². The van der Waals surface area contributed by atoms with E-state index < -0.39 is 5.60 Å². The Hall–Kier alpha value is -4.28. The lowest BCUT2D eigenvalue weighted by Crippen LogP contribution is -2.52. The monoisotopic (exact) mass is 514 g/mol. The van der Waals surface area contributed by atoms with E-state index in [0.29, 0.717) is 42.2 Å². The van der Waals surface area contributed by atoms with Crippen LogP contribution in [-0.4, -0.2) is 55.9 Å². The smallest absolute Gasteiger partial charge is 0.257 e. The van der Waals surface area contributed by atoms with E-state index >= 15 is 0 Å². The minimum Gasteiger partial charge on any atom is -0.388 e. The number of fused-ring (bicyclic) bond motifs is 2. The molecule has 0 spiro atoms. The van der Waals surface area contributed by atoms with Crippen LogP contribution in [0.15, 0.2) is 72.0 Å². The molecule has 1 atom stereocenters. The number of imidazole rings is 1. The minimum absolute atomic E-state index is 0.241. The van der Waals surface area contributed by atoms with Crippen molar-refractivity contribution in [3.8, 4) is 11.3 Å². The average Bonchev–Trinajstić information content (AvgIpc) is 3.32. The van der Waals surface area contributed by atoms with Gasteiger partial charge in [0.25, 0.3) is 5.56 Å². The van der Waals surface area contributed by atoms with Crippen molar-refractivity contribution in [1.29, 1.82) is 0 Å². The summed E-state index contributed by atoms with van der Waals surface area (Å²) in [5.74, 6) is 0.225. The Bertz CT molecular complexity index is 1690. The zero-order chi connectivity index (χ0) is 26.4. The second-order valence-corrected chi connectivity index (χ2v) is 9.96. The third-order valence-electron chi connectivity index (χ3n) is 6.92. The van der Waals surface area contributed by atoms with Crippen LogP contribution in [0.25, 0.3) is 27.7 Å². The molecule has 1 fully saturated rings. The summed E-state index contributed by atoms with van der Waals surface area (Å²) in [6, 6.07) is 12.1. The summed E-state index contributed by atoms with van der Waals surface area (Å²) in [4.78, 5) is 26.8. The highest BCUT2D eigenvalue weighted by atomic mass is 19.1. The van der Waals surface area contributed by atoms with Gasteiger partial charge in [0.2, 0.25) is 0 Å². The van der Waals surface area contributed by atoms with Crippen LogP contribution in [-0.2, 0) is 4.74 Å². The minimum atomic E-state index is -0.937. The lowest BCUT2D eigenvalue weighted by atomic mass is 10.00. The van der Waals surface area contributed by atoms with Crippen LogP contribution in [0.2, 0.25) is 0 Å². The summed E-state index contributed by atoms with van der Waals surface area (Å²) in [6.45, 7) is 5.29. The zero-order valence-corrected chi connectivity index (χ0v) is 21.0. The number of benzene rings is 1. The van der Waals surface area contributed by atoms with E-state index in [2.05, 4.69) is 25.2 Å². The predicted molar refractivity (Wildman–Crippen MR) is 144 cm³/mol. The van der Waals surface area contributed by atoms with Gasteiger partial charge in [-0.2, -0.15) is 0 Å². The van der Waals surface area contributed by atoms with E-state index in [9.17, 15) is 14.3 Å². The molecule has 9 nitrogen and oxygen atoms in total. The number of nitrogens with zero attached hydrogens (tertiary/aromatic N) is 4. The molecule has 0 unspecified atom stereocenters. The highest BCUT2D eigenvalue weighted by Crippen LogP contribution is 2.33. The van der Waals surface area contributed by atoms with Gasteiger partial charge in [0, 0.05) is 42.5 Å². The number of aliphatic hydroxyl groups is 1. The van der Waals surface area contributed by atoms with Crippen molar-refractivity contribution in [2.24, 2.45) is 0 Å². The first-order chi connectivity index (χ1) is 18.3. The number of rotatable bonds is 5. The number of H-pyrrole nitrogens is 1. The number of aromatic nitrogens is 4. The van der Waals surface area contributed by atoms with E-state index in [1.807, 2.05) is 30.3 Å². The fourth-order valence-corrected chi connectivity index (χ4v) is 4.89. The Labute approximate surface area is 217 Å². The number of pyridine rings is 3. The summed E-state index contributed by atoms with van der Waals surface area (Å²) in [6.07, 6.45) is 6.39. The van der Waals surface area contributed by atoms with Gasteiger partial charge in [0.15, 0.2) is 0 Å². The highest BCUT2D eigenvalue weighted by Gasteiger charge is 2.32. The lowest BCUT2D eigenvalue weighted by Gasteiger charge is -2.39. The van der Waals surface area contributed by atoms with Crippen LogP contribution in [0.4, 0.5) is 21.6 Å². The van der Waals surface area contributed by atoms with Crippen molar-refractivity contribution >= 4 is 33.6 Å². The molecule has 1 aromatic carbocycles. The van der Waals surface area contributed by atoms with Crippen LogP contribution in [0.3, 0.4) is 0 Å². The molecular formula is C28H27FN6O3. The van der Waals surface area contributed by atoms with Gasteiger partial charge in [0.1, 0.15) is 23.4 Å². The molecule has 0 radical (unpaired) electrons. The van der Waals surface area contributed by atoms with Crippen LogP contribution >= 0.6 is 0 Å². The van der Waals surface area contributed by atoms with E-state index in [1.165, 1.54) is 12.1 Å². The van der Waals surface area contributed by atoms with Gasteiger partial charge in [-0.1, -0.05) is 6.07 Å². The van der Waals surface area contributed by atoms with E-state index in [4.69, 9.17) is 4.74 Å². The summed E-state index contributed by atoms with van der Waals surface area (Å²) in [5, 5.41) is 14.8. The SMILES string of the molecule is CC(C)(O)[C@H]1CN(c2ccc(Nc3ccc(-c4cnc5cc(F)ccn45)c4cc[nH]c(=O)c34)nc2)CCO1. The highest BCUT2D eigenvalue weighted by molar-refractivity contribution is 6.03. The summed E-state index contributed by atoms with van der Waals surface area (Å²) in [5.41, 5.74) is 2.39. The molecule has 5 aromatic rings. The third kappa shape index (κ3) is 4.37. The molecule has 1 aliphatic heterocycles. The molecule has 0 saturated carbocycles. The average molecular weight is 515 g/mol. The molecular weight excluding hydrogens is 487 g/mol. The molecule has 1 aliphatic rings. The molecule has 10 heteroatoms. The van der Waals surface area contributed by atoms with Crippen molar-refractivity contribution in [3.63, 3.8) is 0 Å². The van der Waals surface area contributed by atoms with Gasteiger partial charge in [-0.3, -0.25) is 9.20 Å². The lowest BCUT2D eigenvalue weighted by molar-refractivity contribution is -0.0928. The van der Waals surface area contributed by atoms with Crippen LogP contribution in [0.5, 0.6) is 0 Å². The van der Waals surface area contributed by atoms with Gasteiger partial charge >= 0.3 is 0 Å². The van der Waals surface area contributed by atoms with Crippen molar-refractivity contribution in [2.75, 3.05) is 29.9 Å². The fourth-order valence-electron chi connectivity index (χ4n) is 4.89. The fraction of sp³-hybridized carbons (Fsp3) is 0.250. The normalized spacial score (nSPS) is 16.3. The van der Waals surface area contributed by atoms with Gasteiger partial charge in [-0.05, 0) is 44.2 Å². The number of ether oxygens (including phenoxy) is 1. The first-order valence-corrected chi connectivity index (χ1v) is 12.4. The van der Waals surface area contributed by atoms with Crippen molar-refractivity contribution in [1.82, 2.24) is 19.4 Å². The number of hydrogen-bond donors (Lipinski definition) is 3. The Morgan fingerprint density at radius 3 is 2.82 bits per heavy atom. The maximum absolute atomic E-state index is 13.7.